The highest BCUT2D eigenvalue weighted by Crippen LogP contribution is 2.56. The lowest BCUT2D eigenvalue weighted by atomic mass is 9.81. The van der Waals surface area contributed by atoms with E-state index in [1.807, 2.05) is 67.3 Å². The third kappa shape index (κ3) is 4.87. The second-order valence-electron chi connectivity index (χ2n) is 11.2. The minimum absolute atomic E-state index is 0.00175. The highest BCUT2D eigenvalue weighted by molar-refractivity contribution is 8.18. The van der Waals surface area contributed by atoms with Crippen molar-refractivity contribution in [2.45, 2.75) is 65.2 Å². The maximum absolute atomic E-state index is 14.2. The quantitative estimate of drug-likeness (QED) is 0.379. The summed E-state index contributed by atoms with van der Waals surface area (Å²) >= 11 is 14.0. The predicted molar refractivity (Wildman–Crippen MR) is 160 cm³/mol. The Morgan fingerprint density at radius 1 is 1.00 bits per heavy atom. The highest BCUT2D eigenvalue weighted by Gasteiger charge is 2.54. The van der Waals surface area contributed by atoms with Gasteiger partial charge in [0, 0.05) is 41.8 Å². The second kappa shape index (κ2) is 10.5. The third-order valence-corrected chi connectivity index (χ3v) is 9.42. The van der Waals surface area contributed by atoms with E-state index in [0.717, 1.165) is 26.9 Å². The predicted octanol–water partition coefficient (Wildman–Crippen LogP) is 6.70. The van der Waals surface area contributed by atoms with Crippen LogP contribution in [0, 0.1) is 5.92 Å². The zero-order valence-electron chi connectivity index (χ0n) is 23.1. The lowest BCUT2D eigenvalue weighted by molar-refractivity contribution is -0.144. The average Bonchev–Trinajstić information content (AvgIpc) is 3.34. The topological polar surface area (TPSA) is 56.2 Å². The molecule has 0 radical (unpaired) electrons. The summed E-state index contributed by atoms with van der Waals surface area (Å²) in [5.41, 5.74) is 2.49. The zero-order valence-corrected chi connectivity index (χ0v) is 25.4. The van der Waals surface area contributed by atoms with Gasteiger partial charge in [-0.1, -0.05) is 61.3 Å². The van der Waals surface area contributed by atoms with E-state index in [4.69, 9.17) is 28.2 Å². The van der Waals surface area contributed by atoms with Crippen LogP contribution in [0.3, 0.4) is 0 Å². The van der Waals surface area contributed by atoms with E-state index in [0.29, 0.717) is 23.1 Å². The molecule has 2 aromatic rings. The molecule has 6 nitrogen and oxygen atoms in total. The molecule has 5 rings (SSSR count). The molecular weight excluding hydrogens is 551 g/mol. The molecule has 2 atom stereocenters. The van der Waals surface area contributed by atoms with E-state index in [9.17, 15) is 9.59 Å². The Hall–Kier alpha value is -2.48. The Morgan fingerprint density at radius 2 is 1.56 bits per heavy atom. The van der Waals surface area contributed by atoms with E-state index < -0.39 is 5.54 Å². The molecule has 2 aromatic carbocycles. The lowest BCUT2D eigenvalue weighted by Gasteiger charge is -2.47. The van der Waals surface area contributed by atoms with Gasteiger partial charge in [0.05, 0.1) is 12.1 Å². The summed E-state index contributed by atoms with van der Waals surface area (Å²) in [5.74, 6) is 0.129. The average molecular weight is 586 g/mol. The lowest BCUT2D eigenvalue weighted by Crippen LogP contribution is -2.63. The Bertz CT molecular complexity index is 1350. The number of carbonyl (C=O) groups is 2. The first kappa shape index (κ1) is 28.1. The fraction of sp³-hybridized carbons (Fsp3) is 0.433. The normalized spacial score (nSPS) is 22.9. The van der Waals surface area contributed by atoms with Crippen molar-refractivity contribution in [2.24, 2.45) is 10.9 Å². The molecule has 9 heteroatoms. The van der Waals surface area contributed by atoms with Crippen LogP contribution in [0.15, 0.2) is 64.1 Å². The number of benzene rings is 2. The first-order chi connectivity index (χ1) is 18.4. The van der Waals surface area contributed by atoms with Gasteiger partial charge in [-0.3, -0.25) is 9.59 Å². The van der Waals surface area contributed by atoms with E-state index in [2.05, 4.69) is 25.7 Å². The Balaban J connectivity index is 1.59. The Morgan fingerprint density at radius 3 is 2.08 bits per heavy atom. The number of rotatable bonds is 6. The number of likely N-dealkylation sites (tertiary alicyclic amines) is 1. The van der Waals surface area contributed by atoms with Gasteiger partial charge in [-0.25, -0.2) is 4.99 Å². The molecule has 206 valence electrons. The van der Waals surface area contributed by atoms with E-state index in [-0.39, 0.29) is 35.9 Å². The van der Waals surface area contributed by atoms with Crippen molar-refractivity contribution in [3.05, 3.63) is 80.3 Å². The van der Waals surface area contributed by atoms with E-state index in [1.165, 1.54) is 11.8 Å². The number of thioether (sulfide) groups is 1. The number of hydrogen-bond donors (Lipinski definition) is 0. The first-order valence-corrected chi connectivity index (χ1v) is 14.9. The largest absolute Gasteiger partial charge is 0.339 e. The van der Waals surface area contributed by atoms with Crippen LogP contribution in [0.1, 0.15) is 58.7 Å². The molecule has 3 heterocycles. The number of amidine groups is 1. The molecule has 2 amide bonds. The number of halogens is 2. The number of carbonyl (C=O) groups excluding carboxylic acids is 2. The number of amides is 2. The Kier molecular flexibility index (Phi) is 7.55. The van der Waals surface area contributed by atoms with Crippen molar-refractivity contribution in [2.75, 3.05) is 13.1 Å². The number of aliphatic imine (C=N–C) groups is 1. The summed E-state index contributed by atoms with van der Waals surface area (Å²) in [6.45, 7) is 13.2. The molecule has 0 bridgehead atoms. The summed E-state index contributed by atoms with van der Waals surface area (Å²) < 4.78 is 0. The molecule has 1 fully saturated rings. The maximum Gasteiger partial charge on any atom is 0.263 e. The molecule has 3 aliphatic rings. The van der Waals surface area contributed by atoms with Crippen LogP contribution in [0.2, 0.25) is 10.0 Å². The summed E-state index contributed by atoms with van der Waals surface area (Å²) in [5, 5.41) is 2.17. The van der Waals surface area contributed by atoms with Crippen LogP contribution < -0.4 is 0 Å². The van der Waals surface area contributed by atoms with Crippen LogP contribution in [-0.4, -0.2) is 56.9 Å². The van der Waals surface area contributed by atoms with Gasteiger partial charge < -0.3 is 14.7 Å². The van der Waals surface area contributed by atoms with Crippen molar-refractivity contribution in [1.29, 1.82) is 0 Å². The number of hydrogen-bond acceptors (Lipinski definition) is 5. The monoisotopic (exact) mass is 584 g/mol. The summed E-state index contributed by atoms with van der Waals surface area (Å²) in [6, 6.07) is 15.6. The van der Waals surface area contributed by atoms with Gasteiger partial charge in [0.1, 0.15) is 10.4 Å². The van der Waals surface area contributed by atoms with Crippen LogP contribution in [0.5, 0.6) is 0 Å². The van der Waals surface area contributed by atoms with Crippen molar-refractivity contribution in [3.8, 4) is 0 Å². The number of allylic oxidation sites excluding steroid dienone is 1. The van der Waals surface area contributed by atoms with Crippen LogP contribution >= 0.6 is 35.0 Å². The smallest absolute Gasteiger partial charge is 0.263 e. The minimum atomic E-state index is -0.608. The molecule has 0 aromatic heterocycles. The highest BCUT2D eigenvalue weighted by atomic mass is 35.5. The summed E-state index contributed by atoms with van der Waals surface area (Å²) in [7, 11) is 0. The van der Waals surface area contributed by atoms with Crippen molar-refractivity contribution < 1.29 is 9.59 Å². The molecule has 3 aliphatic heterocycles. The molecule has 0 N–H and O–H groups in total. The van der Waals surface area contributed by atoms with Crippen LogP contribution in [-0.2, 0) is 15.1 Å². The Labute approximate surface area is 245 Å². The molecule has 0 unspecified atom stereocenters. The molecule has 0 aliphatic carbocycles. The van der Waals surface area contributed by atoms with Gasteiger partial charge in [-0.2, -0.15) is 0 Å². The standard InChI is InChI=1S/C30H34Cl2N4O2S/c1-17(2)25-26(28(38)35(18(3)4)24-15-34(16-24)19(5)37)39-29-33-30(6,21-9-13-23(32)14-10-21)27(36(25)29)20-7-11-22(31)12-8-20/h7-14,17-18,24,27H,15-16H2,1-6H3/t27-,30+/m1/s1. The first-order valence-electron chi connectivity index (χ1n) is 13.3. The second-order valence-corrected chi connectivity index (χ2v) is 13.1. The minimum Gasteiger partial charge on any atom is -0.339 e. The molecule has 0 saturated carbocycles. The summed E-state index contributed by atoms with van der Waals surface area (Å²) in [6.07, 6.45) is 0. The van der Waals surface area contributed by atoms with Crippen LogP contribution in [0.25, 0.3) is 0 Å². The number of fused-ring (bicyclic) bond motifs is 1. The van der Waals surface area contributed by atoms with Crippen LogP contribution in [0.4, 0.5) is 0 Å². The zero-order chi connectivity index (χ0) is 28.2. The van der Waals surface area contributed by atoms with Crippen molar-refractivity contribution in [3.63, 3.8) is 0 Å². The number of nitrogens with zero attached hydrogens (tertiary/aromatic N) is 4. The van der Waals surface area contributed by atoms with E-state index >= 15 is 0 Å². The van der Waals surface area contributed by atoms with E-state index in [1.54, 1.807) is 11.8 Å². The molecular formula is C30H34Cl2N4O2S. The van der Waals surface area contributed by atoms with Crippen molar-refractivity contribution in [1.82, 2.24) is 14.7 Å². The van der Waals surface area contributed by atoms with Gasteiger partial charge in [0.15, 0.2) is 5.17 Å². The third-order valence-electron chi connectivity index (χ3n) is 7.86. The fourth-order valence-electron chi connectivity index (χ4n) is 5.89. The molecule has 1 saturated heterocycles. The van der Waals surface area contributed by atoms with Gasteiger partial charge in [0.2, 0.25) is 5.91 Å². The van der Waals surface area contributed by atoms with Gasteiger partial charge in [0.25, 0.3) is 5.91 Å². The maximum atomic E-state index is 14.2. The SMILES string of the molecule is CC(=O)N1CC(N(C(=O)C2=C(C(C)C)N3C(=N[C@@](C)(c4ccc(Cl)cc4)[C@H]3c3ccc(Cl)cc3)S2)C(C)C)C1. The molecule has 0 spiro atoms. The van der Waals surface area contributed by atoms with Crippen molar-refractivity contribution >= 4 is 51.9 Å². The van der Waals surface area contributed by atoms with Gasteiger partial charge in [-0.15, -0.1) is 0 Å². The van der Waals surface area contributed by atoms with Gasteiger partial charge in [-0.05, 0) is 73.8 Å². The van der Waals surface area contributed by atoms with Gasteiger partial charge >= 0.3 is 0 Å². The summed E-state index contributed by atoms with van der Waals surface area (Å²) in [4.78, 5) is 38.1. The molecule has 39 heavy (non-hydrogen) atoms. The fourth-order valence-corrected chi connectivity index (χ4v) is 7.50.